The highest BCUT2D eigenvalue weighted by atomic mass is 16.2. The van der Waals surface area contributed by atoms with Gasteiger partial charge in [-0.15, -0.1) is 0 Å². The van der Waals surface area contributed by atoms with Gasteiger partial charge in [-0.1, -0.05) is 24.3 Å². The van der Waals surface area contributed by atoms with Gasteiger partial charge in [-0.3, -0.25) is 9.59 Å². The van der Waals surface area contributed by atoms with Crippen molar-refractivity contribution in [2.45, 2.75) is 39.3 Å². The number of hydrogen-bond acceptors (Lipinski definition) is 2. The number of aromatic nitrogens is 1. The number of ketones is 1. The van der Waals surface area contributed by atoms with Crippen LogP contribution in [-0.2, 0) is 13.1 Å². The van der Waals surface area contributed by atoms with Crippen LogP contribution in [0.2, 0.25) is 0 Å². The van der Waals surface area contributed by atoms with Crippen molar-refractivity contribution in [2.75, 3.05) is 13.1 Å². The van der Waals surface area contributed by atoms with E-state index in [1.54, 1.807) is 17.2 Å². The van der Waals surface area contributed by atoms with Gasteiger partial charge in [-0.25, -0.2) is 0 Å². The summed E-state index contributed by atoms with van der Waals surface area (Å²) in [6.45, 7) is 5.47. The predicted molar refractivity (Wildman–Crippen MR) is 96.7 cm³/mol. The zero-order valence-corrected chi connectivity index (χ0v) is 14.7. The van der Waals surface area contributed by atoms with Crippen molar-refractivity contribution in [2.24, 2.45) is 0 Å². The van der Waals surface area contributed by atoms with E-state index in [-0.39, 0.29) is 11.7 Å². The van der Waals surface area contributed by atoms with Gasteiger partial charge in [0.15, 0.2) is 5.78 Å². The van der Waals surface area contributed by atoms with Crippen molar-refractivity contribution >= 4 is 11.7 Å². The van der Waals surface area contributed by atoms with Gasteiger partial charge >= 0.3 is 0 Å². The second kappa shape index (κ2) is 8.12. The normalized spacial score (nSPS) is 15.1. The van der Waals surface area contributed by atoms with Crippen LogP contribution in [0.15, 0.2) is 36.5 Å². The monoisotopic (exact) mass is 340 g/mol. The minimum atomic E-state index is -0.187. The van der Waals surface area contributed by atoms with Gasteiger partial charge in [0.25, 0.3) is 5.91 Å². The summed E-state index contributed by atoms with van der Waals surface area (Å²) in [4.78, 5) is 28.1. The van der Waals surface area contributed by atoms with Crippen molar-refractivity contribution < 1.29 is 14.5 Å². The molecule has 0 spiro atoms. The van der Waals surface area contributed by atoms with Crippen LogP contribution in [0, 0.1) is 0 Å². The van der Waals surface area contributed by atoms with Crippen LogP contribution in [0.25, 0.3) is 0 Å². The van der Waals surface area contributed by atoms with Gasteiger partial charge in [0.05, 0.1) is 13.1 Å². The van der Waals surface area contributed by atoms with E-state index < -0.39 is 0 Å². The van der Waals surface area contributed by atoms with E-state index in [1.165, 1.54) is 44.8 Å². The molecule has 2 aromatic rings. The molecule has 0 atom stereocenters. The molecular formula is C20H26N3O2+. The number of nitrogens with one attached hydrogen (secondary N) is 3. The summed E-state index contributed by atoms with van der Waals surface area (Å²) in [5.74, 6) is -0.238. The maximum Gasteiger partial charge on any atom is 0.267 e. The number of H-pyrrole nitrogens is 1. The van der Waals surface area contributed by atoms with Gasteiger partial charge in [0, 0.05) is 23.9 Å². The number of amides is 1. The van der Waals surface area contributed by atoms with Crippen LogP contribution < -0.4 is 10.2 Å². The molecule has 1 aromatic heterocycles. The highest BCUT2D eigenvalue weighted by Crippen LogP contribution is 2.09. The molecule has 5 heteroatoms. The molecule has 0 bridgehead atoms. The third-order valence-corrected chi connectivity index (χ3v) is 4.89. The molecule has 1 fully saturated rings. The second-order valence-electron chi connectivity index (χ2n) is 6.80. The fraction of sp³-hybridized carbons (Fsp3) is 0.400. The lowest BCUT2D eigenvalue weighted by atomic mass is 10.0. The standard InChI is InChI=1S/C20H25N3O2/c1-15(24)18-11-19(21-13-18)20(25)22-12-16-7-3-4-8-17(16)14-23-9-5-2-6-10-23/h3-4,7-8,11,13,21H,2,5-6,9-10,12,14H2,1H3,(H,22,25)/p+1. The molecule has 1 aromatic carbocycles. The number of rotatable bonds is 6. The van der Waals surface area contributed by atoms with E-state index in [4.69, 9.17) is 0 Å². The molecule has 2 heterocycles. The number of Topliss-reactive ketones (excluding diaryl/α,β-unsaturated/α-hetero) is 1. The Balaban J connectivity index is 1.62. The Morgan fingerprint density at radius 3 is 2.52 bits per heavy atom. The molecule has 1 saturated heterocycles. The third-order valence-electron chi connectivity index (χ3n) is 4.89. The molecule has 3 N–H and O–H groups in total. The largest absolute Gasteiger partial charge is 0.356 e. The Morgan fingerprint density at radius 2 is 1.84 bits per heavy atom. The van der Waals surface area contributed by atoms with Gasteiger partial charge in [0.2, 0.25) is 0 Å². The topological polar surface area (TPSA) is 66.4 Å². The van der Waals surface area contributed by atoms with Crippen LogP contribution in [0.4, 0.5) is 0 Å². The average Bonchev–Trinajstić information content (AvgIpc) is 3.12. The molecule has 3 rings (SSSR count). The van der Waals surface area contributed by atoms with Crippen molar-refractivity contribution in [3.05, 3.63) is 58.9 Å². The third kappa shape index (κ3) is 4.57. The summed E-state index contributed by atoms with van der Waals surface area (Å²) in [5.41, 5.74) is 3.41. The molecule has 1 amide bonds. The summed E-state index contributed by atoms with van der Waals surface area (Å²) in [5, 5.41) is 2.95. The number of benzene rings is 1. The molecule has 132 valence electrons. The minimum absolute atomic E-state index is 0.0508. The van der Waals surface area contributed by atoms with Crippen molar-refractivity contribution in [3.8, 4) is 0 Å². The first kappa shape index (κ1) is 17.4. The predicted octanol–water partition coefficient (Wildman–Crippen LogP) is 1.72. The maximum absolute atomic E-state index is 12.3. The van der Waals surface area contributed by atoms with E-state index in [1.807, 2.05) is 6.07 Å². The Bertz CT molecular complexity index is 745. The molecule has 5 nitrogen and oxygen atoms in total. The number of quaternary nitrogens is 1. The quantitative estimate of drug-likeness (QED) is 0.701. The lowest BCUT2D eigenvalue weighted by Crippen LogP contribution is -3.11. The van der Waals surface area contributed by atoms with Crippen LogP contribution in [0.1, 0.15) is 58.2 Å². The lowest BCUT2D eigenvalue weighted by Gasteiger charge is -2.24. The van der Waals surface area contributed by atoms with Crippen LogP contribution in [0.5, 0.6) is 0 Å². The van der Waals surface area contributed by atoms with E-state index in [0.717, 1.165) is 12.1 Å². The molecule has 0 unspecified atom stereocenters. The van der Waals surface area contributed by atoms with Crippen molar-refractivity contribution in [3.63, 3.8) is 0 Å². The van der Waals surface area contributed by atoms with Gasteiger partial charge in [-0.05, 0) is 37.8 Å². The first-order valence-corrected chi connectivity index (χ1v) is 9.01. The minimum Gasteiger partial charge on any atom is -0.356 e. The first-order valence-electron chi connectivity index (χ1n) is 9.01. The van der Waals surface area contributed by atoms with Crippen LogP contribution in [0.3, 0.4) is 0 Å². The Labute approximate surface area is 148 Å². The second-order valence-corrected chi connectivity index (χ2v) is 6.80. The molecule has 1 aliphatic rings. The molecule has 0 radical (unpaired) electrons. The van der Waals surface area contributed by atoms with E-state index in [0.29, 0.717) is 17.8 Å². The molecule has 0 aliphatic carbocycles. The number of piperidine rings is 1. The summed E-state index contributed by atoms with van der Waals surface area (Å²) < 4.78 is 0. The smallest absolute Gasteiger partial charge is 0.267 e. The van der Waals surface area contributed by atoms with Gasteiger partial charge in [-0.2, -0.15) is 0 Å². The molecule has 25 heavy (non-hydrogen) atoms. The summed E-state index contributed by atoms with van der Waals surface area (Å²) >= 11 is 0. The highest BCUT2D eigenvalue weighted by Gasteiger charge is 2.16. The van der Waals surface area contributed by atoms with Crippen molar-refractivity contribution in [1.29, 1.82) is 0 Å². The van der Waals surface area contributed by atoms with Gasteiger partial charge in [0.1, 0.15) is 12.2 Å². The number of carbonyl (C=O) groups is 2. The zero-order chi connectivity index (χ0) is 17.6. The Hall–Kier alpha value is -2.40. The number of carbonyl (C=O) groups excluding carboxylic acids is 2. The van der Waals surface area contributed by atoms with Gasteiger partial charge < -0.3 is 15.2 Å². The van der Waals surface area contributed by atoms with E-state index in [2.05, 4.69) is 28.5 Å². The average molecular weight is 340 g/mol. The fourth-order valence-electron chi connectivity index (χ4n) is 3.40. The molecule has 0 saturated carbocycles. The maximum atomic E-state index is 12.3. The lowest BCUT2D eigenvalue weighted by molar-refractivity contribution is -0.918. The van der Waals surface area contributed by atoms with Crippen LogP contribution in [-0.4, -0.2) is 29.8 Å². The first-order chi connectivity index (χ1) is 12.1. The molecular weight excluding hydrogens is 314 g/mol. The highest BCUT2D eigenvalue weighted by molar-refractivity contribution is 5.99. The summed E-state index contributed by atoms with van der Waals surface area (Å²) in [7, 11) is 0. The summed E-state index contributed by atoms with van der Waals surface area (Å²) in [6.07, 6.45) is 5.53. The number of hydrogen-bond donors (Lipinski definition) is 3. The SMILES string of the molecule is CC(=O)c1c[nH]c(C(=O)NCc2ccccc2C[NH+]2CCCCC2)c1. The van der Waals surface area contributed by atoms with E-state index in [9.17, 15) is 9.59 Å². The van der Waals surface area contributed by atoms with Crippen molar-refractivity contribution in [1.82, 2.24) is 10.3 Å². The summed E-state index contributed by atoms with van der Waals surface area (Å²) in [6, 6.07) is 9.91. The molecule has 1 aliphatic heterocycles. The van der Waals surface area contributed by atoms with E-state index >= 15 is 0 Å². The zero-order valence-electron chi connectivity index (χ0n) is 14.7. The number of likely N-dealkylation sites (tertiary alicyclic amines) is 1. The number of aromatic amines is 1. The Morgan fingerprint density at radius 1 is 1.12 bits per heavy atom. The van der Waals surface area contributed by atoms with Crippen LogP contribution >= 0.6 is 0 Å². The Kier molecular flexibility index (Phi) is 5.66. The fourth-order valence-corrected chi connectivity index (χ4v) is 3.40.